The zero-order valence-electron chi connectivity index (χ0n) is 10.3. The van der Waals surface area contributed by atoms with Crippen LogP contribution >= 0.6 is 0 Å². The molecule has 6 rings (SSSR count). The van der Waals surface area contributed by atoms with Gasteiger partial charge in [0.05, 0.1) is 0 Å². The second kappa shape index (κ2) is 1.93. The molecule has 0 aromatic carbocycles. The molecule has 0 aliphatic heterocycles. The zero-order valence-corrected chi connectivity index (χ0v) is 10.3. The second-order valence-corrected chi connectivity index (χ2v) is 8.27. The van der Waals surface area contributed by atoms with E-state index in [-0.39, 0.29) is 0 Å². The van der Waals surface area contributed by atoms with Crippen molar-refractivity contribution in [2.45, 2.75) is 45.4 Å². The fourth-order valence-corrected chi connectivity index (χ4v) is 7.32. The van der Waals surface area contributed by atoms with Crippen molar-refractivity contribution in [1.82, 2.24) is 0 Å². The van der Waals surface area contributed by atoms with Crippen LogP contribution in [0, 0.1) is 52.3 Å². The smallest absolute Gasteiger partial charge is 0.0195 e. The van der Waals surface area contributed by atoms with Gasteiger partial charge in [0.15, 0.2) is 0 Å². The van der Waals surface area contributed by atoms with Crippen molar-refractivity contribution in [2.24, 2.45) is 52.3 Å². The molecule has 6 saturated carbocycles. The largest absolute Gasteiger partial charge is 0.0651 e. The third-order valence-electron chi connectivity index (χ3n) is 8.27. The van der Waals surface area contributed by atoms with Gasteiger partial charge in [-0.15, -0.1) is 0 Å². The average molecular weight is 214 g/mol. The molecule has 0 saturated heterocycles. The maximum Gasteiger partial charge on any atom is -0.0195 e. The average Bonchev–Trinajstić information content (AvgIpc) is 3.11. The molecule has 6 fully saturated rings. The number of hydrogen-bond acceptors (Lipinski definition) is 0. The Morgan fingerprint density at radius 3 is 2.62 bits per heavy atom. The molecule has 0 aromatic heterocycles. The van der Waals surface area contributed by atoms with Crippen molar-refractivity contribution < 1.29 is 0 Å². The van der Waals surface area contributed by atoms with Crippen LogP contribution < -0.4 is 0 Å². The van der Waals surface area contributed by atoms with Crippen LogP contribution in [0.4, 0.5) is 0 Å². The highest BCUT2D eigenvalue weighted by atomic mass is 15.0. The molecular formula is C16H22. The summed E-state index contributed by atoms with van der Waals surface area (Å²) in [5, 5.41) is 0. The first-order chi connectivity index (χ1) is 7.82. The Morgan fingerprint density at radius 1 is 1.06 bits per heavy atom. The predicted molar refractivity (Wildman–Crippen MR) is 62.7 cm³/mol. The highest BCUT2D eigenvalue weighted by Crippen LogP contribution is 3.04. The predicted octanol–water partition coefficient (Wildman–Crippen LogP) is 3.71. The Labute approximate surface area is 98.2 Å². The van der Waals surface area contributed by atoms with E-state index < -0.39 is 0 Å². The lowest BCUT2D eigenvalue weighted by Gasteiger charge is -2.45. The standard InChI is InChI=1S/C16H22/c1-2-8-3-9(8)4-10-7-16(10)13-12-5-11-6-15(11,12)14(13)16/h8-14H,2-7H2,1H3. The molecule has 16 heavy (non-hydrogen) atoms. The van der Waals surface area contributed by atoms with Gasteiger partial charge in [-0.1, -0.05) is 13.3 Å². The molecule has 0 aromatic rings. The Morgan fingerprint density at radius 2 is 2.00 bits per heavy atom. The van der Waals surface area contributed by atoms with Crippen LogP contribution in [0.2, 0.25) is 0 Å². The van der Waals surface area contributed by atoms with E-state index in [4.69, 9.17) is 0 Å². The lowest BCUT2D eigenvalue weighted by atomic mass is 9.59. The monoisotopic (exact) mass is 214 g/mol. The maximum absolute atomic E-state index is 2.39. The minimum absolute atomic E-state index is 1.01. The van der Waals surface area contributed by atoms with E-state index in [0.717, 1.165) is 16.7 Å². The molecule has 0 radical (unpaired) electrons. The molecule has 6 aliphatic carbocycles. The molecule has 2 spiro atoms. The molecule has 0 amide bonds. The van der Waals surface area contributed by atoms with Gasteiger partial charge in [0, 0.05) is 0 Å². The van der Waals surface area contributed by atoms with Gasteiger partial charge in [-0.2, -0.15) is 0 Å². The number of hydrogen-bond donors (Lipinski definition) is 0. The molecule has 0 nitrogen and oxygen atoms in total. The highest BCUT2D eigenvalue weighted by molar-refractivity contribution is 5.46. The zero-order chi connectivity index (χ0) is 10.3. The first-order valence-corrected chi connectivity index (χ1v) is 7.82. The van der Waals surface area contributed by atoms with E-state index in [2.05, 4.69) is 6.92 Å². The normalized spacial score (nSPS) is 78.9. The lowest BCUT2D eigenvalue weighted by Crippen LogP contribution is -2.41. The van der Waals surface area contributed by atoms with Crippen molar-refractivity contribution in [2.75, 3.05) is 0 Å². The van der Waals surface area contributed by atoms with E-state index >= 15 is 0 Å². The molecule has 86 valence electrons. The summed E-state index contributed by atoms with van der Waals surface area (Å²) in [6.45, 7) is 2.39. The lowest BCUT2D eigenvalue weighted by molar-refractivity contribution is 0.0162. The summed E-state index contributed by atoms with van der Waals surface area (Å²) < 4.78 is 0. The summed E-state index contributed by atoms with van der Waals surface area (Å²) in [6, 6.07) is 0. The van der Waals surface area contributed by atoms with E-state index in [1.807, 2.05) is 0 Å². The number of fused-ring (bicyclic) bond motifs is 4. The van der Waals surface area contributed by atoms with Crippen molar-refractivity contribution in [3.63, 3.8) is 0 Å². The van der Waals surface area contributed by atoms with Crippen LogP contribution in [0.3, 0.4) is 0 Å². The Kier molecular flexibility index (Phi) is 0.986. The SMILES string of the molecule is CCC1CC1CC1CC12C1C3CC4CC43C12. The Hall–Kier alpha value is 0. The van der Waals surface area contributed by atoms with Crippen molar-refractivity contribution in [1.29, 1.82) is 0 Å². The van der Waals surface area contributed by atoms with Crippen LogP contribution in [-0.2, 0) is 0 Å². The van der Waals surface area contributed by atoms with Crippen LogP contribution in [0.5, 0.6) is 0 Å². The summed E-state index contributed by atoms with van der Waals surface area (Å²) in [6.07, 6.45) is 9.73. The molecule has 6 aliphatic rings. The van der Waals surface area contributed by atoms with Gasteiger partial charge < -0.3 is 0 Å². The first-order valence-electron chi connectivity index (χ1n) is 7.82. The summed E-state index contributed by atoms with van der Waals surface area (Å²) in [7, 11) is 0. The molecular weight excluding hydrogens is 192 g/mol. The van der Waals surface area contributed by atoms with E-state index in [1.165, 1.54) is 41.9 Å². The van der Waals surface area contributed by atoms with Crippen molar-refractivity contribution in [3.8, 4) is 0 Å². The first kappa shape index (κ1) is 8.16. The Bertz CT molecular complexity index is 410. The van der Waals surface area contributed by atoms with Gasteiger partial charge in [0.1, 0.15) is 0 Å². The third kappa shape index (κ3) is 0.578. The van der Waals surface area contributed by atoms with E-state index in [9.17, 15) is 0 Å². The van der Waals surface area contributed by atoms with E-state index in [0.29, 0.717) is 0 Å². The van der Waals surface area contributed by atoms with Crippen LogP contribution in [-0.4, -0.2) is 0 Å². The second-order valence-electron chi connectivity index (χ2n) is 8.27. The van der Waals surface area contributed by atoms with Gasteiger partial charge in [-0.05, 0) is 84.4 Å². The fraction of sp³-hybridized carbons (Fsp3) is 1.00. The van der Waals surface area contributed by atoms with Gasteiger partial charge >= 0.3 is 0 Å². The number of rotatable bonds is 3. The molecule has 0 heteroatoms. The summed E-state index contributed by atoms with van der Waals surface area (Å²) in [5.41, 5.74) is 2.05. The Balaban J connectivity index is 1.20. The van der Waals surface area contributed by atoms with Crippen molar-refractivity contribution in [3.05, 3.63) is 0 Å². The molecule has 0 N–H and O–H groups in total. The van der Waals surface area contributed by atoms with Gasteiger partial charge in [0.25, 0.3) is 0 Å². The van der Waals surface area contributed by atoms with Gasteiger partial charge in [-0.25, -0.2) is 0 Å². The topological polar surface area (TPSA) is 0 Å². The molecule has 9 atom stereocenters. The van der Waals surface area contributed by atoms with Crippen LogP contribution in [0.25, 0.3) is 0 Å². The van der Waals surface area contributed by atoms with Gasteiger partial charge in [0.2, 0.25) is 0 Å². The minimum Gasteiger partial charge on any atom is -0.0651 e. The van der Waals surface area contributed by atoms with E-state index in [1.54, 1.807) is 32.1 Å². The van der Waals surface area contributed by atoms with Crippen LogP contribution in [0.1, 0.15) is 45.4 Å². The maximum atomic E-state index is 2.39. The molecule has 0 bridgehead atoms. The molecule has 9 unspecified atom stereocenters. The third-order valence-corrected chi connectivity index (χ3v) is 8.27. The van der Waals surface area contributed by atoms with Crippen LogP contribution in [0.15, 0.2) is 0 Å². The quantitative estimate of drug-likeness (QED) is 0.672. The minimum atomic E-state index is 1.01. The highest BCUT2D eigenvalue weighted by Gasteiger charge is 2.99. The fourth-order valence-electron chi connectivity index (χ4n) is 7.32. The van der Waals surface area contributed by atoms with Crippen molar-refractivity contribution >= 4 is 0 Å². The van der Waals surface area contributed by atoms with Gasteiger partial charge in [-0.3, -0.25) is 0 Å². The summed E-state index contributed by atoms with van der Waals surface area (Å²) in [5.74, 6) is 8.67. The summed E-state index contributed by atoms with van der Waals surface area (Å²) in [4.78, 5) is 0. The summed E-state index contributed by atoms with van der Waals surface area (Å²) >= 11 is 0. The molecule has 0 heterocycles.